The van der Waals surface area contributed by atoms with Crippen LogP contribution >= 0.6 is 11.3 Å². The number of rotatable bonds is 5. The first-order valence-electron chi connectivity index (χ1n) is 10.0. The van der Waals surface area contributed by atoms with Gasteiger partial charge in [-0.3, -0.25) is 4.98 Å². The highest BCUT2D eigenvalue weighted by atomic mass is 32.1. The molecule has 152 valence electrons. The molecule has 1 aromatic carbocycles. The Kier molecular flexibility index (Phi) is 5.15. The largest absolute Gasteiger partial charge is 0.497 e. The van der Waals surface area contributed by atoms with Crippen LogP contribution in [0.4, 0.5) is 5.82 Å². The van der Waals surface area contributed by atoms with E-state index in [2.05, 4.69) is 15.3 Å². The summed E-state index contributed by atoms with van der Waals surface area (Å²) in [7, 11) is 1.66. The second kappa shape index (κ2) is 8.23. The molecule has 0 N–H and O–H groups in total. The molecule has 0 aliphatic carbocycles. The first kappa shape index (κ1) is 18.7. The molecule has 0 amide bonds. The molecule has 0 saturated carbocycles. The van der Waals surface area contributed by atoms with Gasteiger partial charge in [0, 0.05) is 36.4 Å². The van der Waals surface area contributed by atoms with E-state index in [-0.39, 0.29) is 0 Å². The van der Waals surface area contributed by atoms with Crippen LogP contribution in [0.25, 0.3) is 27.6 Å². The fourth-order valence-electron chi connectivity index (χ4n) is 3.62. The third-order valence-corrected chi connectivity index (χ3v) is 6.07. The Bertz CT molecular complexity index is 1120. The minimum atomic E-state index is 0.809. The van der Waals surface area contributed by atoms with Crippen molar-refractivity contribution in [1.29, 1.82) is 0 Å². The smallest absolute Gasteiger partial charge is 0.182 e. The molecule has 4 aromatic rings. The van der Waals surface area contributed by atoms with E-state index in [0.717, 1.165) is 52.3 Å². The lowest BCUT2D eigenvalue weighted by Crippen LogP contribution is -2.30. The van der Waals surface area contributed by atoms with E-state index in [0.29, 0.717) is 0 Å². The molecule has 1 aliphatic rings. The van der Waals surface area contributed by atoms with E-state index >= 15 is 0 Å². The zero-order chi connectivity index (χ0) is 20.3. The first-order valence-corrected chi connectivity index (χ1v) is 10.9. The lowest BCUT2D eigenvalue weighted by Gasteiger charge is -2.26. The fourth-order valence-corrected chi connectivity index (χ4v) is 4.42. The van der Waals surface area contributed by atoms with Gasteiger partial charge in [0.05, 0.1) is 18.5 Å². The molecule has 0 radical (unpaired) electrons. The minimum absolute atomic E-state index is 0.809. The van der Waals surface area contributed by atoms with Crippen molar-refractivity contribution >= 4 is 17.2 Å². The number of piperidine rings is 1. The molecular weight excluding hydrogens is 396 g/mol. The van der Waals surface area contributed by atoms with Crippen molar-refractivity contribution in [3.05, 3.63) is 54.2 Å². The van der Waals surface area contributed by atoms with Crippen LogP contribution in [0, 0.1) is 0 Å². The van der Waals surface area contributed by atoms with Gasteiger partial charge >= 0.3 is 0 Å². The monoisotopic (exact) mass is 418 g/mol. The number of pyridine rings is 1. The molecule has 7 nitrogen and oxygen atoms in total. The predicted octanol–water partition coefficient (Wildman–Crippen LogP) is 4.45. The number of methoxy groups -OCH3 is 1. The third kappa shape index (κ3) is 3.66. The lowest BCUT2D eigenvalue weighted by molar-refractivity contribution is 0.414. The van der Waals surface area contributed by atoms with Crippen molar-refractivity contribution in [2.45, 2.75) is 19.3 Å². The first-order chi connectivity index (χ1) is 14.8. The second-order valence-electron chi connectivity index (χ2n) is 7.19. The van der Waals surface area contributed by atoms with Crippen LogP contribution < -0.4 is 9.64 Å². The molecule has 30 heavy (non-hydrogen) atoms. The zero-order valence-corrected chi connectivity index (χ0v) is 17.5. The Labute approximate surface area is 179 Å². The number of hydrogen-bond donors (Lipinski definition) is 0. The molecule has 4 heterocycles. The van der Waals surface area contributed by atoms with Crippen LogP contribution in [0.1, 0.15) is 19.3 Å². The Balaban J connectivity index is 1.55. The summed E-state index contributed by atoms with van der Waals surface area (Å²) in [5.74, 6) is 1.71. The van der Waals surface area contributed by atoms with Crippen LogP contribution in [0.5, 0.6) is 5.75 Å². The van der Waals surface area contributed by atoms with E-state index in [1.807, 2.05) is 42.6 Å². The summed E-state index contributed by atoms with van der Waals surface area (Å²) in [4.78, 5) is 13.1. The van der Waals surface area contributed by atoms with Gasteiger partial charge in [0.1, 0.15) is 10.8 Å². The predicted molar refractivity (Wildman–Crippen MR) is 118 cm³/mol. The highest BCUT2D eigenvalue weighted by Gasteiger charge is 2.24. The number of anilines is 1. The number of benzene rings is 1. The number of nitrogens with zero attached hydrogens (tertiary/aromatic N) is 6. The Morgan fingerprint density at radius 3 is 2.57 bits per heavy atom. The molecule has 3 aromatic heterocycles. The molecule has 1 aliphatic heterocycles. The van der Waals surface area contributed by atoms with E-state index in [4.69, 9.17) is 19.9 Å². The number of thiazole rings is 1. The number of aromatic nitrogens is 5. The lowest BCUT2D eigenvalue weighted by atomic mass is 10.1. The summed E-state index contributed by atoms with van der Waals surface area (Å²) in [6.07, 6.45) is 7.21. The van der Waals surface area contributed by atoms with Crippen molar-refractivity contribution in [1.82, 2.24) is 25.0 Å². The van der Waals surface area contributed by atoms with Crippen LogP contribution in [0.3, 0.4) is 0 Å². The average molecular weight is 419 g/mol. The van der Waals surface area contributed by atoms with Gasteiger partial charge in [-0.25, -0.2) is 4.98 Å². The zero-order valence-electron chi connectivity index (χ0n) is 16.7. The summed E-state index contributed by atoms with van der Waals surface area (Å²) in [6.45, 7) is 1.99. The summed E-state index contributed by atoms with van der Waals surface area (Å²) in [5.41, 5.74) is 3.63. The van der Waals surface area contributed by atoms with Gasteiger partial charge < -0.3 is 9.64 Å². The Morgan fingerprint density at radius 2 is 1.83 bits per heavy atom. The average Bonchev–Trinajstić information content (AvgIpc) is 3.48. The van der Waals surface area contributed by atoms with E-state index in [1.165, 1.54) is 19.3 Å². The van der Waals surface area contributed by atoms with Crippen molar-refractivity contribution in [3.8, 4) is 33.4 Å². The molecular formula is C22H22N6OS. The number of ether oxygens (including phenoxy) is 1. The van der Waals surface area contributed by atoms with Gasteiger partial charge in [0.2, 0.25) is 0 Å². The summed E-state index contributed by atoms with van der Waals surface area (Å²) >= 11 is 1.59. The van der Waals surface area contributed by atoms with Gasteiger partial charge in [-0.2, -0.15) is 0 Å². The van der Waals surface area contributed by atoms with Crippen molar-refractivity contribution in [3.63, 3.8) is 0 Å². The molecule has 8 heteroatoms. The summed E-state index contributed by atoms with van der Waals surface area (Å²) in [5, 5.41) is 12.6. The van der Waals surface area contributed by atoms with Crippen molar-refractivity contribution in [2.24, 2.45) is 0 Å². The van der Waals surface area contributed by atoms with Crippen LogP contribution in [0.15, 0.2) is 54.2 Å². The van der Waals surface area contributed by atoms with Crippen molar-refractivity contribution < 1.29 is 4.74 Å². The molecule has 0 atom stereocenters. The van der Waals surface area contributed by atoms with Crippen molar-refractivity contribution in [2.75, 3.05) is 25.1 Å². The van der Waals surface area contributed by atoms with Gasteiger partial charge in [0.15, 0.2) is 11.5 Å². The Morgan fingerprint density at radius 1 is 1.00 bits per heavy atom. The van der Waals surface area contributed by atoms with Crippen LogP contribution in [0.2, 0.25) is 0 Å². The second-order valence-corrected chi connectivity index (χ2v) is 8.05. The standard InChI is InChI=1S/C22H22N6OS/c1-29-18-9-7-17(8-10-18)28-25-20(21(26-28)27-12-3-2-4-13-27)22-24-19(15-30-22)16-6-5-11-23-14-16/h5-11,14-15H,2-4,12-13H2,1H3. The van der Waals surface area contributed by atoms with Gasteiger partial charge in [-0.05, 0) is 55.7 Å². The normalized spacial score (nSPS) is 14.1. The number of hydrogen-bond acceptors (Lipinski definition) is 7. The molecule has 0 spiro atoms. The quantitative estimate of drug-likeness (QED) is 0.477. The maximum atomic E-state index is 5.27. The summed E-state index contributed by atoms with van der Waals surface area (Å²) < 4.78 is 5.27. The topological polar surface area (TPSA) is 69.0 Å². The third-order valence-electron chi connectivity index (χ3n) is 5.22. The maximum absolute atomic E-state index is 5.27. The van der Waals surface area contributed by atoms with Gasteiger partial charge in [-0.15, -0.1) is 26.3 Å². The molecule has 0 unspecified atom stereocenters. The fraction of sp³-hybridized carbons (Fsp3) is 0.273. The molecule has 0 bridgehead atoms. The Hall–Kier alpha value is -3.26. The summed E-state index contributed by atoms with van der Waals surface area (Å²) in [6, 6.07) is 11.7. The van der Waals surface area contributed by atoms with E-state index in [9.17, 15) is 0 Å². The maximum Gasteiger partial charge on any atom is 0.182 e. The molecule has 5 rings (SSSR count). The highest BCUT2D eigenvalue weighted by Crippen LogP contribution is 2.34. The van der Waals surface area contributed by atoms with Gasteiger partial charge in [-0.1, -0.05) is 0 Å². The molecule has 1 saturated heterocycles. The van der Waals surface area contributed by atoms with Crippen LogP contribution in [-0.4, -0.2) is 45.2 Å². The minimum Gasteiger partial charge on any atom is -0.497 e. The SMILES string of the molecule is COc1ccc(-n2nc(-c3nc(-c4cccnc4)cs3)c(N3CCCCC3)n2)cc1. The highest BCUT2D eigenvalue weighted by molar-refractivity contribution is 7.13. The van der Waals surface area contributed by atoms with E-state index in [1.54, 1.807) is 29.4 Å². The van der Waals surface area contributed by atoms with E-state index < -0.39 is 0 Å². The molecule has 1 fully saturated rings. The van der Waals surface area contributed by atoms with Crippen LogP contribution in [-0.2, 0) is 0 Å². The van der Waals surface area contributed by atoms with Gasteiger partial charge in [0.25, 0.3) is 0 Å².